The fraction of sp³-hybridized carbons (Fsp3) is 0.429. The van der Waals surface area contributed by atoms with Crippen molar-refractivity contribution < 1.29 is 28.6 Å². The molecular formula is C42H52F2N6O4. The minimum Gasteiger partial charge on any atom is -0.508 e. The molecule has 5 atom stereocenters. The van der Waals surface area contributed by atoms with Crippen LogP contribution in [0.15, 0.2) is 73.1 Å². The summed E-state index contributed by atoms with van der Waals surface area (Å²) < 4.78 is 29.9. The van der Waals surface area contributed by atoms with Crippen molar-refractivity contribution in [2.24, 2.45) is 5.92 Å². The van der Waals surface area contributed by atoms with Crippen molar-refractivity contribution in [3.63, 3.8) is 0 Å². The van der Waals surface area contributed by atoms with Crippen LogP contribution in [-0.2, 0) is 28.9 Å². The Balaban J connectivity index is 1.26. The van der Waals surface area contributed by atoms with Crippen molar-refractivity contribution in [3.8, 4) is 11.5 Å². The van der Waals surface area contributed by atoms with Crippen LogP contribution in [0.1, 0.15) is 65.2 Å². The molecule has 5 rings (SSSR count). The third-order valence-electron chi connectivity index (χ3n) is 10.6. The minimum atomic E-state index is -0.853. The van der Waals surface area contributed by atoms with Gasteiger partial charge in [-0.25, -0.2) is 18.7 Å². The number of aromatic hydroxyl groups is 2. The molecule has 0 radical (unpaired) electrons. The lowest BCUT2D eigenvalue weighted by Crippen LogP contribution is -2.44. The Morgan fingerprint density at radius 1 is 0.870 bits per heavy atom. The second kappa shape index (κ2) is 18.4. The summed E-state index contributed by atoms with van der Waals surface area (Å²) in [4.78, 5) is 38.8. The largest absolute Gasteiger partial charge is 0.508 e. The smallest absolute Gasteiger partial charge is 0.223 e. The van der Waals surface area contributed by atoms with Crippen molar-refractivity contribution in [1.82, 2.24) is 30.4 Å². The Kier molecular flexibility index (Phi) is 13.7. The maximum Gasteiger partial charge on any atom is 0.223 e. The summed E-state index contributed by atoms with van der Waals surface area (Å²) in [5.41, 5.74) is 3.75. The zero-order valence-corrected chi connectivity index (χ0v) is 31.7. The second-order valence-corrected chi connectivity index (χ2v) is 14.8. The van der Waals surface area contributed by atoms with Gasteiger partial charge in [-0.3, -0.25) is 9.59 Å². The predicted octanol–water partition coefficient (Wildman–Crippen LogP) is 5.26. The second-order valence-electron chi connectivity index (χ2n) is 14.8. The summed E-state index contributed by atoms with van der Waals surface area (Å²) in [6, 6.07) is 16.2. The van der Waals surface area contributed by atoms with Crippen molar-refractivity contribution in [2.75, 3.05) is 40.8 Å². The lowest BCUT2D eigenvalue weighted by Gasteiger charge is -2.30. The molecule has 10 nitrogen and oxygen atoms in total. The topological polar surface area (TPSA) is 131 Å². The first-order valence-electron chi connectivity index (χ1n) is 18.5. The number of hydrogen-bond acceptors (Lipinski definition) is 8. The predicted molar refractivity (Wildman–Crippen MR) is 204 cm³/mol. The first kappa shape index (κ1) is 40.2. The number of likely N-dealkylation sites (N-methyl/N-ethyl adjacent to an activating group) is 2. The number of phenolic OH excluding ortho intramolecular Hbond substituents is 2. The molecule has 3 aromatic carbocycles. The van der Waals surface area contributed by atoms with Gasteiger partial charge in [-0.15, -0.1) is 0 Å². The first-order chi connectivity index (χ1) is 25.8. The van der Waals surface area contributed by atoms with Crippen LogP contribution in [0.25, 0.3) is 0 Å². The van der Waals surface area contributed by atoms with Gasteiger partial charge in [-0.1, -0.05) is 37.3 Å². The molecule has 4 N–H and O–H groups in total. The Labute approximate surface area is 316 Å². The summed E-state index contributed by atoms with van der Waals surface area (Å²) in [6.45, 7) is 4.95. The molecule has 1 heterocycles. The van der Waals surface area contributed by atoms with Crippen LogP contribution < -0.4 is 10.6 Å². The van der Waals surface area contributed by atoms with Gasteiger partial charge in [0.25, 0.3) is 0 Å². The number of aromatic nitrogens is 2. The third-order valence-corrected chi connectivity index (χ3v) is 10.6. The number of hydrogen-bond donors (Lipinski definition) is 4. The van der Waals surface area contributed by atoms with E-state index in [0.29, 0.717) is 31.8 Å². The van der Waals surface area contributed by atoms with Gasteiger partial charge in [-0.05, 0) is 100 Å². The summed E-state index contributed by atoms with van der Waals surface area (Å²) in [5, 5.41) is 26.5. The van der Waals surface area contributed by atoms with Crippen molar-refractivity contribution in [2.45, 2.75) is 69.9 Å². The van der Waals surface area contributed by atoms with Crippen LogP contribution in [0.3, 0.4) is 0 Å². The summed E-state index contributed by atoms with van der Waals surface area (Å²) in [6.07, 6.45) is 5.42. The molecular weight excluding hydrogens is 690 g/mol. The van der Waals surface area contributed by atoms with Crippen molar-refractivity contribution in [1.29, 1.82) is 0 Å². The zero-order chi connectivity index (χ0) is 38.9. The molecule has 1 aliphatic rings. The number of carbonyl (C=O) groups is 2. The Hall–Kier alpha value is -4.94. The number of amides is 2. The first-order valence-corrected chi connectivity index (χ1v) is 18.5. The Bertz CT molecular complexity index is 1860. The molecule has 1 aliphatic carbocycles. The lowest BCUT2D eigenvalue weighted by molar-refractivity contribution is -0.123. The molecule has 1 fully saturated rings. The monoisotopic (exact) mass is 742 g/mol. The molecule has 0 bridgehead atoms. The van der Waals surface area contributed by atoms with Crippen LogP contribution in [-0.4, -0.2) is 94.7 Å². The maximum atomic E-state index is 15.0. The third kappa shape index (κ3) is 10.8. The van der Waals surface area contributed by atoms with E-state index in [-0.39, 0.29) is 66.3 Å². The molecule has 1 saturated carbocycles. The molecule has 0 aliphatic heterocycles. The van der Waals surface area contributed by atoms with Gasteiger partial charge in [0.15, 0.2) is 0 Å². The van der Waals surface area contributed by atoms with Crippen LogP contribution in [0.4, 0.5) is 8.78 Å². The summed E-state index contributed by atoms with van der Waals surface area (Å²) >= 11 is 0. The van der Waals surface area contributed by atoms with Crippen molar-refractivity contribution >= 4 is 11.8 Å². The molecule has 54 heavy (non-hydrogen) atoms. The SMILES string of the molecule is Cc1cc(O)cc(CCN(C)[C@H](CNC(=O)C[C@H](C)c2ccccc2)Cc2c(F)cc(O)cc2F)c1C[C@@H](CNC(=O)C1CC1c1ncccn1)N(C)C. The normalized spacial score (nSPS) is 16.9. The highest BCUT2D eigenvalue weighted by Gasteiger charge is 2.46. The maximum absolute atomic E-state index is 15.0. The van der Waals surface area contributed by atoms with E-state index in [1.54, 1.807) is 30.6 Å². The number of nitrogens with zero attached hydrogens (tertiary/aromatic N) is 4. The van der Waals surface area contributed by atoms with Gasteiger partial charge in [0, 0.05) is 80.1 Å². The van der Waals surface area contributed by atoms with Gasteiger partial charge in [0.05, 0.1) is 0 Å². The number of rotatable bonds is 18. The van der Waals surface area contributed by atoms with E-state index in [9.17, 15) is 28.6 Å². The molecule has 2 unspecified atom stereocenters. The van der Waals surface area contributed by atoms with Gasteiger partial charge in [0.2, 0.25) is 11.8 Å². The number of phenols is 2. The van der Waals surface area contributed by atoms with E-state index in [1.807, 2.05) is 70.2 Å². The molecule has 288 valence electrons. The van der Waals surface area contributed by atoms with E-state index in [1.165, 1.54) is 0 Å². The number of halogens is 2. The molecule has 2 amide bonds. The molecule has 12 heteroatoms. The van der Waals surface area contributed by atoms with Crippen molar-refractivity contribution in [3.05, 3.63) is 118 Å². The molecule has 0 saturated heterocycles. The molecule has 0 spiro atoms. The number of nitrogens with one attached hydrogen (secondary N) is 2. The molecule has 4 aromatic rings. The lowest BCUT2D eigenvalue weighted by atomic mass is 9.92. The van der Waals surface area contributed by atoms with E-state index in [2.05, 4.69) is 25.5 Å². The van der Waals surface area contributed by atoms with Crippen LogP contribution in [0, 0.1) is 24.5 Å². The fourth-order valence-corrected chi connectivity index (χ4v) is 7.04. The van der Waals surface area contributed by atoms with Crippen LogP contribution >= 0.6 is 0 Å². The Morgan fingerprint density at radius 3 is 2.17 bits per heavy atom. The van der Waals surface area contributed by atoms with E-state index in [4.69, 9.17) is 0 Å². The highest BCUT2D eigenvalue weighted by Crippen LogP contribution is 2.45. The van der Waals surface area contributed by atoms with E-state index >= 15 is 0 Å². The van der Waals surface area contributed by atoms with Gasteiger partial charge in [-0.2, -0.15) is 0 Å². The average molecular weight is 743 g/mol. The number of benzene rings is 3. The summed E-state index contributed by atoms with van der Waals surface area (Å²) in [7, 11) is 5.79. The van der Waals surface area contributed by atoms with E-state index < -0.39 is 23.4 Å². The fourth-order valence-electron chi connectivity index (χ4n) is 7.04. The number of aryl methyl sites for hydroxylation is 1. The van der Waals surface area contributed by atoms with Gasteiger partial charge >= 0.3 is 0 Å². The summed E-state index contributed by atoms with van der Waals surface area (Å²) in [5.74, 6) is -1.70. The van der Waals surface area contributed by atoms with E-state index in [0.717, 1.165) is 40.8 Å². The standard InChI is InChI=1S/C42H52F2N6O4/c1-26(28-10-7-6-8-11-28)17-40(53)47-25-31(20-37-38(43)21-33(52)22-39(37)44)50(5)15-12-29-18-32(51)16-27(2)34(29)19-30(49(3)4)24-48-42(54)36-23-35(36)41-45-13-9-14-46-41/h6-11,13-14,16,18,21-22,26,30-31,35-36,51-52H,12,15,17,19-20,23-25H2,1-5H3,(H,47,53)(H,48,54)/t26-,30-,31-,35?,36?/m0/s1. The molecule has 1 aromatic heterocycles. The van der Waals surface area contributed by atoms with Gasteiger partial charge < -0.3 is 30.6 Å². The highest BCUT2D eigenvalue weighted by molar-refractivity contribution is 5.82. The highest BCUT2D eigenvalue weighted by atomic mass is 19.1. The van der Waals surface area contributed by atoms with Crippen LogP contribution in [0.2, 0.25) is 0 Å². The quantitative estimate of drug-likeness (QED) is 0.109. The minimum absolute atomic E-state index is 0.0160. The van der Waals surface area contributed by atoms with Crippen LogP contribution in [0.5, 0.6) is 11.5 Å². The van der Waals surface area contributed by atoms with Gasteiger partial charge in [0.1, 0.15) is 29.0 Å². The Morgan fingerprint density at radius 2 is 1.50 bits per heavy atom. The average Bonchev–Trinajstić information content (AvgIpc) is 3.94. The zero-order valence-electron chi connectivity index (χ0n) is 31.7. The number of carbonyl (C=O) groups excluding carboxylic acids is 2.